The summed E-state index contributed by atoms with van der Waals surface area (Å²) >= 11 is 0. The highest BCUT2D eigenvalue weighted by Crippen LogP contribution is 2.32. The Morgan fingerprint density at radius 3 is 2.44 bits per heavy atom. The fraction of sp³-hybridized carbons (Fsp3) is 0. The molecule has 0 amide bonds. The zero-order valence-electron chi connectivity index (χ0n) is 7.42. The molecule has 1 aromatic carbocycles. The number of phenols is 1. The van der Waals surface area contributed by atoms with E-state index in [1.165, 1.54) is 6.07 Å². The highest BCUT2D eigenvalue weighted by molar-refractivity contribution is 8.13. The molecule has 1 aromatic rings. The van der Waals surface area contributed by atoms with Crippen molar-refractivity contribution in [3.05, 3.63) is 27.8 Å². The number of phenolic OH excluding ortho intramolecular Hbond substituents is 1. The smallest absolute Gasteiger partial charge is 0.288 e. The van der Waals surface area contributed by atoms with Gasteiger partial charge in [-0.25, -0.2) is 8.42 Å². The van der Waals surface area contributed by atoms with Crippen LogP contribution in [0.25, 0.3) is 0 Å². The number of aromatic hydroxyl groups is 1. The van der Waals surface area contributed by atoms with Crippen LogP contribution in [0, 0.1) is 21.4 Å². The Hall–Kier alpha value is -1.85. The van der Waals surface area contributed by atoms with Crippen LogP contribution < -0.4 is 0 Å². The molecule has 0 aliphatic heterocycles. The molecule has 0 atom stereocenters. The average molecular weight is 263 g/mol. The van der Waals surface area contributed by atoms with E-state index < -0.39 is 35.9 Å². The summed E-state index contributed by atoms with van der Waals surface area (Å²) in [5.41, 5.74) is -1.19. The molecule has 16 heavy (non-hydrogen) atoms. The molecule has 0 bridgehead atoms. The minimum atomic E-state index is -4.31. The lowest BCUT2D eigenvalue weighted by atomic mass is 10.2. The molecular weight excluding hydrogens is 260 g/mol. The molecule has 0 spiro atoms. The van der Waals surface area contributed by atoms with Crippen LogP contribution in [0.4, 0.5) is 5.69 Å². The Morgan fingerprint density at radius 2 is 2.06 bits per heavy atom. The number of nitrogens with zero attached hydrogens (tertiary/aromatic N) is 2. The minimum Gasteiger partial charge on any atom is -0.506 e. The van der Waals surface area contributed by atoms with Crippen LogP contribution in [0.5, 0.6) is 5.75 Å². The second-order valence-electron chi connectivity index (χ2n) is 2.64. The van der Waals surface area contributed by atoms with E-state index in [0.29, 0.717) is 12.1 Å². The highest BCUT2D eigenvalue weighted by atomic mass is 35.7. The van der Waals surface area contributed by atoms with Crippen LogP contribution >= 0.6 is 10.7 Å². The van der Waals surface area contributed by atoms with Crippen molar-refractivity contribution in [2.75, 3.05) is 0 Å². The summed E-state index contributed by atoms with van der Waals surface area (Å²) < 4.78 is 21.9. The van der Waals surface area contributed by atoms with E-state index >= 15 is 0 Å². The van der Waals surface area contributed by atoms with E-state index in [4.69, 9.17) is 15.9 Å². The van der Waals surface area contributed by atoms with E-state index in [-0.39, 0.29) is 0 Å². The van der Waals surface area contributed by atoms with E-state index in [2.05, 4.69) is 0 Å². The Labute approximate surface area is 94.1 Å². The van der Waals surface area contributed by atoms with Gasteiger partial charge in [0.1, 0.15) is 22.3 Å². The number of halogens is 1. The third-order valence-corrected chi connectivity index (χ3v) is 3.01. The van der Waals surface area contributed by atoms with E-state index in [9.17, 15) is 23.6 Å². The first-order valence-electron chi connectivity index (χ1n) is 3.63. The maximum absolute atomic E-state index is 10.9. The lowest BCUT2D eigenvalue weighted by Crippen LogP contribution is -1.97. The van der Waals surface area contributed by atoms with Crippen LogP contribution in [0.3, 0.4) is 0 Å². The summed E-state index contributed by atoms with van der Waals surface area (Å²) in [4.78, 5) is 8.76. The SMILES string of the molecule is N#Cc1cc(O)c(S(=O)(=O)Cl)cc1[N+](=O)[O-]. The van der Waals surface area contributed by atoms with Crippen molar-refractivity contribution in [1.29, 1.82) is 5.26 Å². The topological polar surface area (TPSA) is 121 Å². The van der Waals surface area contributed by atoms with E-state index in [1.807, 2.05) is 0 Å². The van der Waals surface area contributed by atoms with Gasteiger partial charge in [0, 0.05) is 22.8 Å². The third-order valence-electron chi connectivity index (χ3n) is 1.66. The zero-order valence-corrected chi connectivity index (χ0v) is 8.99. The van der Waals surface area contributed by atoms with Gasteiger partial charge in [0.25, 0.3) is 14.7 Å². The molecule has 0 aliphatic carbocycles. The fourth-order valence-corrected chi connectivity index (χ4v) is 1.93. The first kappa shape index (κ1) is 12.2. The lowest BCUT2D eigenvalue weighted by Gasteiger charge is -2.01. The van der Waals surface area contributed by atoms with Crippen molar-refractivity contribution < 1.29 is 18.4 Å². The molecule has 0 aliphatic rings. The molecule has 84 valence electrons. The molecule has 0 heterocycles. The van der Waals surface area contributed by atoms with Gasteiger partial charge < -0.3 is 5.11 Å². The van der Waals surface area contributed by atoms with Crippen molar-refractivity contribution in [1.82, 2.24) is 0 Å². The minimum absolute atomic E-state index is 0.452. The number of nitro groups is 1. The largest absolute Gasteiger partial charge is 0.506 e. The van der Waals surface area contributed by atoms with E-state index in [1.54, 1.807) is 0 Å². The summed E-state index contributed by atoms with van der Waals surface area (Å²) in [7, 11) is 0.637. The van der Waals surface area contributed by atoms with Gasteiger partial charge >= 0.3 is 0 Å². The summed E-state index contributed by atoms with van der Waals surface area (Å²) in [6, 6.07) is 2.67. The lowest BCUT2D eigenvalue weighted by molar-refractivity contribution is -0.385. The first-order valence-corrected chi connectivity index (χ1v) is 5.94. The molecular formula is C7H3ClN2O5S. The van der Waals surface area contributed by atoms with Gasteiger partial charge in [0.2, 0.25) is 0 Å². The highest BCUT2D eigenvalue weighted by Gasteiger charge is 2.24. The summed E-state index contributed by atoms with van der Waals surface area (Å²) in [6.45, 7) is 0. The van der Waals surface area contributed by atoms with E-state index in [0.717, 1.165) is 0 Å². The van der Waals surface area contributed by atoms with Crippen molar-refractivity contribution in [2.45, 2.75) is 4.90 Å². The standard InChI is InChI=1S/C7H3ClN2O5S/c8-16(14,15)7-2-5(10(12)13)4(3-9)1-6(7)11/h1-2,11H. The van der Waals surface area contributed by atoms with Crippen molar-refractivity contribution in [3.8, 4) is 11.8 Å². The number of nitriles is 1. The van der Waals surface area contributed by atoms with Gasteiger partial charge in [0.05, 0.1) is 4.92 Å². The zero-order chi connectivity index (χ0) is 12.5. The number of nitro benzene ring substituents is 1. The molecule has 0 unspecified atom stereocenters. The van der Waals surface area contributed by atoms with Crippen molar-refractivity contribution in [2.24, 2.45) is 0 Å². The molecule has 1 N–H and O–H groups in total. The monoisotopic (exact) mass is 262 g/mol. The van der Waals surface area contributed by atoms with Gasteiger partial charge in [0.15, 0.2) is 0 Å². The molecule has 0 radical (unpaired) electrons. The Morgan fingerprint density at radius 1 is 1.50 bits per heavy atom. The maximum atomic E-state index is 10.9. The molecule has 0 saturated carbocycles. The Bertz CT molecular complexity index is 604. The van der Waals surface area contributed by atoms with Gasteiger partial charge in [-0.05, 0) is 0 Å². The van der Waals surface area contributed by atoms with Gasteiger partial charge in [-0.1, -0.05) is 0 Å². The van der Waals surface area contributed by atoms with Gasteiger partial charge in [-0.15, -0.1) is 0 Å². The number of benzene rings is 1. The Balaban J connectivity index is 3.67. The number of rotatable bonds is 2. The molecule has 1 rings (SSSR count). The quantitative estimate of drug-likeness (QED) is 0.484. The first-order chi connectivity index (χ1) is 7.27. The number of hydrogen-bond donors (Lipinski definition) is 1. The normalized spacial score (nSPS) is 10.8. The third kappa shape index (κ3) is 2.21. The maximum Gasteiger partial charge on any atom is 0.288 e. The second-order valence-corrected chi connectivity index (χ2v) is 5.18. The van der Waals surface area contributed by atoms with Gasteiger partial charge in [-0.3, -0.25) is 10.1 Å². The van der Waals surface area contributed by atoms with Crippen LogP contribution in [0.2, 0.25) is 0 Å². The Kier molecular flexibility index (Phi) is 3.02. The molecule has 7 nitrogen and oxygen atoms in total. The van der Waals surface area contributed by atoms with Gasteiger partial charge in [-0.2, -0.15) is 5.26 Å². The second kappa shape index (κ2) is 3.96. The molecule has 0 saturated heterocycles. The molecule has 0 aromatic heterocycles. The van der Waals surface area contributed by atoms with Crippen LogP contribution in [-0.4, -0.2) is 18.4 Å². The summed E-state index contributed by atoms with van der Waals surface area (Å²) in [5, 5.41) is 28.3. The van der Waals surface area contributed by atoms with Crippen molar-refractivity contribution in [3.63, 3.8) is 0 Å². The van der Waals surface area contributed by atoms with Crippen LogP contribution in [0.15, 0.2) is 17.0 Å². The average Bonchev–Trinajstić information content (AvgIpc) is 2.14. The molecule has 0 fully saturated rings. The predicted octanol–water partition coefficient (Wildman–Crippen LogP) is 1.10. The number of hydrogen-bond acceptors (Lipinski definition) is 6. The fourth-order valence-electron chi connectivity index (χ4n) is 0.994. The summed E-state index contributed by atoms with van der Waals surface area (Å²) in [5.74, 6) is -0.808. The molecule has 9 heteroatoms. The van der Waals surface area contributed by atoms with Crippen molar-refractivity contribution >= 4 is 25.4 Å². The summed E-state index contributed by atoms with van der Waals surface area (Å²) in [6.07, 6.45) is 0. The van der Waals surface area contributed by atoms with Crippen LogP contribution in [0.1, 0.15) is 5.56 Å². The predicted molar refractivity (Wildman–Crippen MR) is 52.5 cm³/mol. The van der Waals surface area contributed by atoms with Crippen LogP contribution in [-0.2, 0) is 9.05 Å².